The molecule has 0 spiro atoms. The zero-order valence-electron chi connectivity index (χ0n) is 11.1. The highest BCUT2D eigenvalue weighted by Gasteiger charge is 2.40. The van der Waals surface area contributed by atoms with E-state index in [1.807, 2.05) is 25.7 Å². The second-order valence-corrected chi connectivity index (χ2v) is 5.14. The van der Waals surface area contributed by atoms with Crippen LogP contribution in [0.25, 0.3) is 0 Å². The van der Waals surface area contributed by atoms with Gasteiger partial charge in [-0.1, -0.05) is 0 Å². The summed E-state index contributed by atoms with van der Waals surface area (Å²) in [4.78, 5) is 25.2. The van der Waals surface area contributed by atoms with Crippen molar-refractivity contribution in [1.29, 1.82) is 0 Å². The van der Waals surface area contributed by atoms with Crippen molar-refractivity contribution in [1.82, 2.24) is 10.2 Å². The molecule has 1 N–H and O–H groups in total. The molecule has 1 heterocycles. The fourth-order valence-electron chi connectivity index (χ4n) is 2.16. The van der Waals surface area contributed by atoms with Crippen molar-refractivity contribution in [3.8, 4) is 0 Å². The van der Waals surface area contributed by atoms with Gasteiger partial charge in [-0.15, -0.1) is 0 Å². The van der Waals surface area contributed by atoms with Crippen LogP contribution in [0.15, 0.2) is 0 Å². The van der Waals surface area contributed by atoms with Crippen molar-refractivity contribution in [3.05, 3.63) is 0 Å². The highest BCUT2D eigenvalue weighted by atomic mass is 16.5. The van der Waals surface area contributed by atoms with Gasteiger partial charge in [0, 0.05) is 13.6 Å². The number of amides is 1. The first-order chi connectivity index (χ1) is 7.87. The Kier molecular flexibility index (Phi) is 4.51. The Morgan fingerprint density at radius 3 is 2.65 bits per heavy atom. The van der Waals surface area contributed by atoms with Gasteiger partial charge < -0.3 is 10.1 Å². The van der Waals surface area contributed by atoms with E-state index >= 15 is 0 Å². The molecule has 1 rings (SSSR count). The summed E-state index contributed by atoms with van der Waals surface area (Å²) in [7, 11) is 1.64. The van der Waals surface area contributed by atoms with Crippen LogP contribution >= 0.6 is 0 Å². The molecule has 0 bridgehead atoms. The number of carbonyl (C=O) groups excluding carboxylic acids is 2. The fourth-order valence-corrected chi connectivity index (χ4v) is 2.16. The lowest BCUT2D eigenvalue weighted by molar-refractivity contribution is -0.148. The lowest BCUT2D eigenvalue weighted by Gasteiger charge is -2.22. The molecule has 0 saturated carbocycles. The Labute approximate surface area is 102 Å². The largest absolute Gasteiger partial charge is 0.462 e. The molecular weight excluding hydrogens is 220 g/mol. The van der Waals surface area contributed by atoms with Gasteiger partial charge in [-0.2, -0.15) is 0 Å². The Balaban J connectivity index is 2.45. The third-order valence-corrected chi connectivity index (χ3v) is 3.05. The molecule has 5 heteroatoms. The molecule has 1 aliphatic rings. The molecule has 17 heavy (non-hydrogen) atoms. The van der Waals surface area contributed by atoms with Crippen LogP contribution in [-0.2, 0) is 14.3 Å². The lowest BCUT2D eigenvalue weighted by Crippen LogP contribution is -2.40. The van der Waals surface area contributed by atoms with E-state index in [0.29, 0.717) is 6.54 Å². The number of nitrogens with one attached hydrogen (secondary N) is 1. The zero-order chi connectivity index (χ0) is 13.1. The van der Waals surface area contributed by atoms with E-state index in [-0.39, 0.29) is 29.9 Å². The molecule has 1 unspecified atom stereocenters. The smallest absolute Gasteiger partial charge is 0.320 e. The van der Waals surface area contributed by atoms with Gasteiger partial charge in [0.25, 0.3) is 0 Å². The third-order valence-electron chi connectivity index (χ3n) is 3.05. The van der Waals surface area contributed by atoms with Gasteiger partial charge in [0.1, 0.15) is 0 Å². The van der Waals surface area contributed by atoms with E-state index in [4.69, 9.17) is 4.74 Å². The number of likely N-dealkylation sites (tertiary alicyclic amines) is 1. The van der Waals surface area contributed by atoms with Crippen LogP contribution in [0.4, 0.5) is 0 Å². The number of hydrogen-bond acceptors (Lipinski definition) is 4. The van der Waals surface area contributed by atoms with E-state index in [9.17, 15) is 9.59 Å². The van der Waals surface area contributed by atoms with Gasteiger partial charge in [0.15, 0.2) is 0 Å². The molecule has 1 saturated heterocycles. The molecule has 1 aliphatic heterocycles. The van der Waals surface area contributed by atoms with Crippen molar-refractivity contribution in [2.45, 2.75) is 33.3 Å². The second-order valence-electron chi connectivity index (χ2n) is 5.14. The molecule has 0 aromatic carbocycles. The molecule has 0 radical (unpaired) electrons. The molecular formula is C12H22N2O3. The van der Waals surface area contributed by atoms with Crippen LogP contribution in [0.5, 0.6) is 0 Å². The maximum absolute atomic E-state index is 11.7. The van der Waals surface area contributed by atoms with Crippen LogP contribution < -0.4 is 5.32 Å². The highest BCUT2D eigenvalue weighted by molar-refractivity contribution is 5.82. The van der Waals surface area contributed by atoms with E-state index in [0.717, 1.165) is 13.0 Å². The first-order valence-corrected chi connectivity index (χ1v) is 6.01. The summed E-state index contributed by atoms with van der Waals surface area (Å²) in [6.45, 7) is 7.23. The van der Waals surface area contributed by atoms with Gasteiger partial charge in [-0.3, -0.25) is 14.5 Å². The van der Waals surface area contributed by atoms with Crippen molar-refractivity contribution in [2.75, 3.05) is 26.7 Å². The summed E-state index contributed by atoms with van der Waals surface area (Å²) in [5, 5.41) is 2.67. The van der Waals surface area contributed by atoms with E-state index in [2.05, 4.69) is 5.32 Å². The second kappa shape index (κ2) is 5.49. The van der Waals surface area contributed by atoms with Gasteiger partial charge in [0.2, 0.25) is 5.91 Å². The predicted octanol–water partition coefficient (Wildman–Crippen LogP) is 0.396. The van der Waals surface area contributed by atoms with Gasteiger partial charge in [-0.05, 0) is 33.7 Å². The number of ether oxygens (including phenoxy) is 1. The predicted molar refractivity (Wildman–Crippen MR) is 64.5 cm³/mol. The topological polar surface area (TPSA) is 58.6 Å². The Hall–Kier alpha value is -1.10. The number of carbonyl (C=O) groups is 2. The normalized spacial score (nSPS) is 25.0. The molecule has 1 atom stereocenters. The van der Waals surface area contributed by atoms with Crippen LogP contribution in [0.1, 0.15) is 27.2 Å². The molecule has 0 aromatic heterocycles. The number of rotatable bonds is 4. The quantitative estimate of drug-likeness (QED) is 0.725. The summed E-state index contributed by atoms with van der Waals surface area (Å²) in [6, 6.07) is 0. The molecule has 1 fully saturated rings. The Morgan fingerprint density at radius 2 is 2.12 bits per heavy atom. The molecule has 0 aliphatic carbocycles. The first kappa shape index (κ1) is 14.0. The number of esters is 1. The van der Waals surface area contributed by atoms with Crippen LogP contribution in [0.3, 0.4) is 0 Å². The average molecular weight is 242 g/mol. The summed E-state index contributed by atoms with van der Waals surface area (Å²) < 4.78 is 5.09. The summed E-state index contributed by atoms with van der Waals surface area (Å²) in [5.41, 5.74) is -0.382. The Bertz CT molecular complexity index is 304. The highest BCUT2D eigenvalue weighted by Crippen LogP contribution is 2.29. The third kappa shape index (κ3) is 3.70. The molecule has 98 valence electrons. The van der Waals surface area contributed by atoms with Crippen molar-refractivity contribution in [3.63, 3.8) is 0 Å². The number of hydrogen-bond donors (Lipinski definition) is 1. The monoisotopic (exact) mass is 242 g/mol. The van der Waals surface area contributed by atoms with E-state index < -0.39 is 0 Å². The SMILES string of the molecule is CNC(=O)C1(C)CCN(CC(=O)OC(C)C)C1. The molecule has 5 nitrogen and oxygen atoms in total. The van der Waals surface area contributed by atoms with E-state index in [1.54, 1.807) is 7.05 Å². The van der Waals surface area contributed by atoms with Crippen molar-refractivity contribution in [2.24, 2.45) is 5.41 Å². The minimum Gasteiger partial charge on any atom is -0.462 e. The van der Waals surface area contributed by atoms with Crippen LogP contribution in [0.2, 0.25) is 0 Å². The fraction of sp³-hybridized carbons (Fsp3) is 0.833. The van der Waals surface area contributed by atoms with Gasteiger partial charge >= 0.3 is 5.97 Å². The van der Waals surface area contributed by atoms with Crippen molar-refractivity contribution < 1.29 is 14.3 Å². The van der Waals surface area contributed by atoms with E-state index in [1.165, 1.54) is 0 Å². The minimum atomic E-state index is -0.382. The van der Waals surface area contributed by atoms with Crippen molar-refractivity contribution >= 4 is 11.9 Å². The van der Waals surface area contributed by atoms with Crippen LogP contribution in [0, 0.1) is 5.41 Å². The minimum absolute atomic E-state index is 0.0391. The standard InChI is InChI=1S/C12H22N2O3/c1-9(2)17-10(15)7-14-6-5-12(3,8-14)11(16)13-4/h9H,5-8H2,1-4H3,(H,13,16). The summed E-state index contributed by atoms with van der Waals surface area (Å²) >= 11 is 0. The van der Waals surface area contributed by atoms with Gasteiger partial charge in [-0.25, -0.2) is 0 Å². The molecule has 1 amide bonds. The average Bonchev–Trinajstić information content (AvgIpc) is 2.59. The summed E-state index contributed by atoms with van der Waals surface area (Å²) in [6.07, 6.45) is 0.692. The zero-order valence-corrected chi connectivity index (χ0v) is 11.1. The maximum atomic E-state index is 11.7. The summed E-state index contributed by atoms with van der Waals surface area (Å²) in [5.74, 6) is -0.182. The van der Waals surface area contributed by atoms with Crippen LogP contribution in [-0.4, -0.2) is 49.6 Å². The lowest BCUT2D eigenvalue weighted by atomic mass is 9.89. The maximum Gasteiger partial charge on any atom is 0.320 e. The first-order valence-electron chi connectivity index (χ1n) is 6.01. The van der Waals surface area contributed by atoms with Gasteiger partial charge in [0.05, 0.1) is 18.1 Å². The Morgan fingerprint density at radius 1 is 1.47 bits per heavy atom. The molecule has 0 aromatic rings. The number of nitrogens with zero attached hydrogens (tertiary/aromatic N) is 1.